The highest BCUT2D eigenvalue weighted by Gasteiger charge is 2.27. The van der Waals surface area contributed by atoms with Crippen LogP contribution in [0.25, 0.3) is 0 Å². The SMILES string of the molecule is CCC(CC)(CO)NC(=O)Nc1cccc(C(C)=O)c1. The first-order valence-corrected chi connectivity index (χ1v) is 6.77. The Balaban J connectivity index is 2.76. The molecule has 1 aromatic carbocycles. The zero-order valence-corrected chi connectivity index (χ0v) is 12.2. The van der Waals surface area contributed by atoms with E-state index < -0.39 is 5.54 Å². The molecular formula is C15H22N2O3. The van der Waals surface area contributed by atoms with Crippen LogP contribution < -0.4 is 10.6 Å². The van der Waals surface area contributed by atoms with Crippen molar-refractivity contribution in [3.05, 3.63) is 29.8 Å². The maximum atomic E-state index is 12.0. The van der Waals surface area contributed by atoms with E-state index in [9.17, 15) is 14.7 Å². The van der Waals surface area contributed by atoms with Crippen LogP contribution in [0.4, 0.5) is 10.5 Å². The maximum Gasteiger partial charge on any atom is 0.319 e. The number of anilines is 1. The van der Waals surface area contributed by atoms with Gasteiger partial charge >= 0.3 is 6.03 Å². The average Bonchev–Trinajstić information content (AvgIpc) is 2.45. The zero-order chi connectivity index (χ0) is 15.2. The summed E-state index contributed by atoms with van der Waals surface area (Å²) in [6.07, 6.45) is 1.28. The first-order chi connectivity index (χ1) is 9.46. The molecule has 2 amide bonds. The minimum atomic E-state index is -0.609. The standard InChI is InChI=1S/C15H22N2O3/c1-4-15(5-2,10-18)17-14(20)16-13-8-6-7-12(9-13)11(3)19/h6-9,18H,4-5,10H2,1-3H3,(H2,16,17,20). The normalized spacial score (nSPS) is 11.0. The van der Waals surface area contributed by atoms with Crippen LogP contribution in [0.5, 0.6) is 0 Å². The van der Waals surface area contributed by atoms with Gasteiger partial charge in [-0.15, -0.1) is 0 Å². The molecule has 0 bridgehead atoms. The van der Waals surface area contributed by atoms with Gasteiger partial charge in [0, 0.05) is 11.3 Å². The number of ketones is 1. The fourth-order valence-corrected chi connectivity index (χ4v) is 1.91. The topological polar surface area (TPSA) is 78.4 Å². The molecule has 0 fully saturated rings. The molecule has 3 N–H and O–H groups in total. The fraction of sp³-hybridized carbons (Fsp3) is 0.467. The van der Waals surface area contributed by atoms with Crippen molar-refractivity contribution in [2.75, 3.05) is 11.9 Å². The highest BCUT2D eigenvalue weighted by Crippen LogP contribution is 2.15. The van der Waals surface area contributed by atoms with Gasteiger partial charge < -0.3 is 15.7 Å². The second-order valence-corrected chi connectivity index (χ2v) is 4.86. The molecule has 0 aliphatic carbocycles. The molecule has 1 aromatic rings. The molecule has 0 unspecified atom stereocenters. The third kappa shape index (κ3) is 4.06. The molecule has 0 atom stereocenters. The summed E-state index contributed by atoms with van der Waals surface area (Å²) in [7, 11) is 0. The first-order valence-electron chi connectivity index (χ1n) is 6.77. The molecule has 0 radical (unpaired) electrons. The van der Waals surface area contributed by atoms with Crippen LogP contribution in [0.1, 0.15) is 44.0 Å². The molecule has 110 valence electrons. The van der Waals surface area contributed by atoms with E-state index >= 15 is 0 Å². The van der Waals surface area contributed by atoms with Gasteiger partial charge in [0.05, 0.1) is 12.1 Å². The number of carbonyl (C=O) groups is 2. The lowest BCUT2D eigenvalue weighted by Crippen LogP contribution is -2.52. The predicted octanol–water partition coefficient (Wildman–Crippen LogP) is 2.56. The minimum Gasteiger partial charge on any atom is -0.394 e. The van der Waals surface area contributed by atoms with Crippen LogP contribution in [0.3, 0.4) is 0 Å². The van der Waals surface area contributed by atoms with Crippen molar-refractivity contribution in [3.63, 3.8) is 0 Å². The van der Waals surface area contributed by atoms with E-state index in [0.717, 1.165) is 0 Å². The second-order valence-electron chi connectivity index (χ2n) is 4.86. The molecule has 0 aromatic heterocycles. The van der Waals surface area contributed by atoms with Crippen LogP contribution in [0, 0.1) is 0 Å². The maximum absolute atomic E-state index is 12.0. The van der Waals surface area contributed by atoms with E-state index in [1.54, 1.807) is 24.3 Å². The number of aliphatic hydroxyl groups is 1. The number of amides is 2. The number of Topliss-reactive ketones (excluding diaryl/α,β-unsaturated/α-hetero) is 1. The Hall–Kier alpha value is -1.88. The third-order valence-electron chi connectivity index (χ3n) is 3.56. The molecule has 0 spiro atoms. The number of nitrogens with one attached hydrogen (secondary N) is 2. The monoisotopic (exact) mass is 278 g/mol. The van der Waals surface area contributed by atoms with Gasteiger partial charge in [0.2, 0.25) is 0 Å². The molecule has 0 saturated carbocycles. The van der Waals surface area contributed by atoms with Crippen LogP contribution >= 0.6 is 0 Å². The number of hydrogen-bond donors (Lipinski definition) is 3. The minimum absolute atomic E-state index is 0.0547. The first kappa shape index (κ1) is 16.2. The van der Waals surface area contributed by atoms with Crippen LogP contribution in [0.2, 0.25) is 0 Å². The van der Waals surface area contributed by atoms with E-state index in [1.807, 2.05) is 13.8 Å². The number of aliphatic hydroxyl groups excluding tert-OH is 1. The van der Waals surface area contributed by atoms with E-state index in [0.29, 0.717) is 24.1 Å². The molecular weight excluding hydrogens is 256 g/mol. The molecule has 5 heteroatoms. The molecule has 1 rings (SSSR count). The Morgan fingerprint density at radius 2 is 1.90 bits per heavy atom. The summed E-state index contributed by atoms with van der Waals surface area (Å²) >= 11 is 0. The highest BCUT2D eigenvalue weighted by molar-refractivity contribution is 5.96. The van der Waals surface area contributed by atoms with Gasteiger partial charge in [0.25, 0.3) is 0 Å². The summed E-state index contributed by atoms with van der Waals surface area (Å²) in [6, 6.07) is 6.36. The van der Waals surface area contributed by atoms with E-state index in [2.05, 4.69) is 10.6 Å². The Labute approximate surface area is 119 Å². The quantitative estimate of drug-likeness (QED) is 0.700. The van der Waals surface area contributed by atoms with Crippen molar-refractivity contribution < 1.29 is 14.7 Å². The van der Waals surface area contributed by atoms with Gasteiger partial charge in [0.1, 0.15) is 0 Å². The molecule has 0 saturated heterocycles. The van der Waals surface area contributed by atoms with Crippen molar-refractivity contribution in [1.29, 1.82) is 0 Å². The van der Waals surface area contributed by atoms with Crippen molar-refractivity contribution in [2.24, 2.45) is 0 Å². The van der Waals surface area contributed by atoms with Crippen LogP contribution in [-0.4, -0.2) is 29.1 Å². The lowest BCUT2D eigenvalue weighted by atomic mass is 9.94. The molecule has 0 heterocycles. The summed E-state index contributed by atoms with van der Waals surface area (Å²) in [5.74, 6) is -0.0547. The summed E-state index contributed by atoms with van der Waals surface area (Å²) in [6.45, 7) is 5.19. The fourth-order valence-electron chi connectivity index (χ4n) is 1.91. The van der Waals surface area contributed by atoms with Crippen molar-refractivity contribution >= 4 is 17.5 Å². The van der Waals surface area contributed by atoms with Crippen molar-refractivity contribution in [3.8, 4) is 0 Å². The van der Waals surface area contributed by atoms with Crippen LogP contribution in [-0.2, 0) is 0 Å². The number of hydrogen-bond acceptors (Lipinski definition) is 3. The molecule has 20 heavy (non-hydrogen) atoms. The number of rotatable bonds is 6. The molecule has 0 aliphatic heterocycles. The Bertz CT molecular complexity index is 473. The van der Waals surface area contributed by atoms with Crippen LogP contribution in [0.15, 0.2) is 24.3 Å². The van der Waals surface area contributed by atoms with Gasteiger partial charge in [0.15, 0.2) is 5.78 Å². The van der Waals surface area contributed by atoms with Gasteiger partial charge in [-0.05, 0) is 31.9 Å². The number of urea groups is 1. The zero-order valence-electron chi connectivity index (χ0n) is 12.2. The second kappa shape index (κ2) is 7.05. The molecule has 0 aliphatic rings. The molecule has 5 nitrogen and oxygen atoms in total. The van der Waals surface area contributed by atoms with E-state index in [4.69, 9.17) is 0 Å². The lowest BCUT2D eigenvalue weighted by Gasteiger charge is -2.30. The van der Waals surface area contributed by atoms with Crippen molar-refractivity contribution in [2.45, 2.75) is 39.2 Å². The Morgan fingerprint density at radius 1 is 1.25 bits per heavy atom. The van der Waals surface area contributed by atoms with Gasteiger partial charge in [-0.2, -0.15) is 0 Å². The number of carbonyl (C=O) groups excluding carboxylic acids is 2. The Morgan fingerprint density at radius 3 is 2.40 bits per heavy atom. The van der Waals surface area contributed by atoms with Gasteiger partial charge in [-0.1, -0.05) is 26.0 Å². The smallest absolute Gasteiger partial charge is 0.319 e. The summed E-state index contributed by atoms with van der Waals surface area (Å²) in [5.41, 5.74) is 0.485. The lowest BCUT2D eigenvalue weighted by molar-refractivity contribution is 0.101. The Kier molecular flexibility index (Phi) is 5.70. The van der Waals surface area contributed by atoms with Gasteiger partial charge in [-0.25, -0.2) is 4.79 Å². The van der Waals surface area contributed by atoms with Gasteiger partial charge in [-0.3, -0.25) is 4.79 Å². The van der Waals surface area contributed by atoms with E-state index in [-0.39, 0.29) is 18.4 Å². The average molecular weight is 278 g/mol. The summed E-state index contributed by atoms with van der Waals surface area (Å²) in [4.78, 5) is 23.3. The summed E-state index contributed by atoms with van der Waals surface area (Å²) < 4.78 is 0. The highest BCUT2D eigenvalue weighted by atomic mass is 16.3. The third-order valence-corrected chi connectivity index (χ3v) is 3.56. The predicted molar refractivity (Wildman–Crippen MR) is 79.0 cm³/mol. The van der Waals surface area contributed by atoms with E-state index in [1.165, 1.54) is 6.92 Å². The largest absolute Gasteiger partial charge is 0.394 e. The van der Waals surface area contributed by atoms with Crippen molar-refractivity contribution in [1.82, 2.24) is 5.32 Å². The number of benzene rings is 1. The summed E-state index contributed by atoms with van der Waals surface area (Å²) in [5, 5.41) is 14.9.